The number of carbonyl (C=O) groups is 2. The zero-order valence-electron chi connectivity index (χ0n) is 13.9. The standard InChI is InChI=1S/C14H19Cl2N3O5S/c1-4-5-19(18(3)14(22)17-9(2)13(20)21)25(23,24)12-7-10(15)6-11(16)8-12/h6-9H,4-5H2,1-3H3,(H,17,22)(H,20,21). The Morgan fingerprint density at radius 2 is 1.76 bits per heavy atom. The van der Waals surface area contributed by atoms with Crippen molar-refractivity contribution < 1.29 is 23.1 Å². The molecular weight excluding hydrogens is 393 g/mol. The van der Waals surface area contributed by atoms with Crippen molar-refractivity contribution in [2.45, 2.75) is 31.2 Å². The van der Waals surface area contributed by atoms with Crippen LogP contribution in [0.2, 0.25) is 10.0 Å². The molecule has 0 heterocycles. The highest BCUT2D eigenvalue weighted by Crippen LogP contribution is 2.25. The van der Waals surface area contributed by atoms with Gasteiger partial charge in [0.25, 0.3) is 10.0 Å². The summed E-state index contributed by atoms with van der Waals surface area (Å²) in [6.45, 7) is 3.00. The number of carboxylic acids is 1. The predicted molar refractivity (Wildman–Crippen MR) is 94.0 cm³/mol. The molecule has 0 radical (unpaired) electrons. The molecule has 2 N–H and O–H groups in total. The number of sulfonamides is 1. The second kappa shape index (κ2) is 8.70. The number of carbonyl (C=O) groups excluding carboxylic acids is 1. The van der Waals surface area contributed by atoms with Crippen molar-refractivity contribution in [2.24, 2.45) is 0 Å². The van der Waals surface area contributed by atoms with E-state index < -0.39 is 28.1 Å². The quantitative estimate of drug-likeness (QED) is 0.669. The zero-order valence-corrected chi connectivity index (χ0v) is 16.2. The molecule has 25 heavy (non-hydrogen) atoms. The van der Waals surface area contributed by atoms with Gasteiger partial charge < -0.3 is 10.4 Å². The number of nitrogens with zero attached hydrogens (tertiary/aromatic N) is 2. The van der Waals surface area contributed by atoms with Gasteiger partial charge in [0.05, 0.1) is 4.90 Å². The molecule has 0 aliphatic heterocycles. The number of rotatable bonds is 7. The van der Waals surface area contributed by atoms with Gasteiger partial charge in [0, 0.05) is 23.6 Å². The fourth-order valence-corrected chi connectivity index (χ4v) is 4.13. The average molecular weight is 412 g/mol. The Balaban J connectivity index is 3.20. The number of aliphatic carboxylic acids is 1. The van der Waals surface area contributed by atoms with E-state index in [2.05, 4.69) is 5.32 Å². The highest BCUT2D eigenvalue weighted by Gasteiger charge is 2.31. The maximum absolute atomic E-state index is 12.9. The topological polar surface area (TPSA) is 107 Å². The minimum atomic E-state index is -4.13. The van der Waals surface area contributed by atoms with Crippen LogP contribution in [0.4, 0.5) is 4.79 Å². The van der Waals surface area contributed by atoms with E-state index in [4.69, 9.17) is 28.3 Å². The number of amides is 2. The summed E-state index contributed by atoms with van der Waals surface area (Å²) in [5, 5.41) is 12.1. The van der Waals surface area contributed by atoms with E-state index in [0.29, 0.717) is 6.42 Å². The molecule has 140 valence electrons. The van der Waals surface area contributed by atoms with Crippen LogP contribution >= 0.6 is 23.2 Å². The van der Waals surface area contributed by atoms with Crippen LogP contribution in [0.25, 0.3) is 0 Å². The molecular formula is C14H19Cl2N3O5S. The fraction of sp³-hybridized carbons (Fsp3) is 0.429. The summed E-state index contributed by atoms with van der Waals surface area (Å²) in [6, 6.07) is 1.77. The maximum atomic E-state index is 12.9. The van der Waals surface area contributed by atoms with Crippen molar-refractivity contribution in [2.75, 3.05) is 13.6 Å². The number of nitrogens with one attached hydrogen (secondary N) is 1. The molecule has 1 rings (SSSR count). The van der Waals surface area contributed by atoms with Crippen LogP contribution in [0.1, 0.15) is 20.3 Å². The number of carboxylic acid groups (broad SMARTS) is 1. The minimum absolute atomic E-state index is 0.00214. The lowest BCUT2D eigenvalue weighted by Gasteiger charge is -2.31. The van der Waals surface area contributed by atoms with Crippen molar-refractivity contribution in [3.05, 3.63) is 28.2 Å². The third-order valence-electron chi connectivity index (χ3n) is 3.17. The molecule has 11 heteroatoms. The molecule has 0 bridgehead atoms. The van der Waals surface area contributed by atoms with Crippen LogP contribution in [0.5, 0.6) is 0 Å². The van der Waals surface area contributed by atoms with Crippen LogP contribution in [-0.2, 0) is 14.8 Å². The molecule has 1 aromatic rings. The Morgan fingerprint density at radius 3 is 2.20 bits per heavy atom. The smallest absolute Gasteiger partial charge is 0.333 e. The van der Waals surface area contributed by atoms with Crippen LogP contribution in [0.15, 0.2) is 23.1 Å². The van der Waals surface area contributed by atoms with Crippen molar-refractivity contribution in [1.82, 2.24) is 14.7 Å². The van der Waals surface area contributed by atoms with Crippen LogP contribution in [0, 0.1) is 0 Å². The van der Waals surface area contributed by atoms with E-state index in [1.54, 1.807) is 6.92 Å². The van der Waals surface area contributed by atoms with Crippen molar-refractivity contribution >= 4 is 45.2 Å². The molecule has 1 atom stereocenters. The largest absolute Gasteiger partial charge is 0.480 e. The first-order valence-electron chi connectivity index (χ1n) is 7.26. The third-order valence-corrected chi connectivity index (χ3v) is 5.42. The summed E-state index contributed by atoms with van der Waals surface area (Å²) in [6.07, 6.45) is 0.416. The lowest BCUT2D eigenvalue weighted by molar-refractivity contribution is -0.138. The summed E-state index contributed by atoms with van der Waals surface area (Å²) >= 11 is 11.7. The molecule has 8 nitrogen and oxygen atoms in total. The monoisotopic (exact) mass is 411 g/mol. The Morgan fingerprint density at radius 1 is 1.24 bits per heavy atom. The molecule has 0 aliphatic rings. The molecule has 0 spiro atoms. The van der Waals surface area contributed by atoms with Crippen molar-refractivity contribution in [1.29, 1.82) is 0 Å². The van der Waals surface area contributed by atoms with E-state index in [-0.39, 0.29) is 21.5 Å². The molecule has 0 fully saturated rings. The Kier molecular flexibility index (Phi) is 7.48. The van der Waals surface area contributed by atoms with Gasteiger partial charge in [-0.25, -0.2) is 18.2 Å². The highest BCUT2D eigenvalue weighted by atomic mass is 35.5. The van der Waals surface area contributed by atoms with E-state index in [1.165, 1.54) is 32.2 Å². The Labute approximate surface area is 156 Å². The van der Waals surface area contributed by atoms with Gasteiger partial charge in [0.15, 0.2) is 0 Å². The summed E-state index contributed by atoms with van der Waals surface area (Å²) in [5.41, 5.74) is 0. The number of urea groups is 1. The SMILES string of the molecule is CCCN(N(C)C(=O)NC(C)C(=O)O)S(=O)(=O)c1cc(Cl)cc(Cl)c1. The number of hydrogen-bond acceptors (Lipinski definition) is 4. The van der Waals surface area contributed by atoms with Gasteiger partial charge in [-0.05, 0) is 31.5 Å². The third kappa shape index (κ3) is 5.46. The van der Waals surface area contributed by atoms with Crippen molar-refractivity contribution in [3.8, 4) is 0 Å². The average Bonchev–Trinajstić information content (AvgIpc) is 2.50. The number of benzene rings is 1. The summed E-state index contributed by atoms with van der Waals surface area (Å²) in [5.74, 6) is -1.24. The first-order chi connectivity index (χ1) is 11.5. The minimum Gasteiger partial charge on any atom is -0.480 e. The Bertz CT molecular complexity index is 737. The number of halogens is 2. The van der Waals surface area contributed by atoms with E-state index in [1.807, 2.05) is 0 Å². The van der Waals surface area contributed by atoms with E-state index in [0.717, 1.165) is 9.42 Å². The summed E-state index contributed by atoms with van der Waals surface area (Å²) in [7, 11) is -2.90. The second-order valence-corrected chi connectivity index (χ2v) is 7.90. The van der Waals surface area contributed by atoms with Gasteiger partial charge >= 0.3 is 12.0 Å². The van der Waals surface area contributed by atoms with Crippen LogP contribution < -0.4 is 5.32 Å². The fourth-order valence-electron chi connectivity index (χ4n) is 1.86. The molecule has 1 unspecified atom stereocenters. The maximum Gasteiger partial charge on any atom is 0.333 e. The number of hydrazine groups is 1. The lowest BCUT2D eigenvalue weighted by Crippen LogP contribution is -2.54. The summed E-state index contributed by atoms with van der Waals surface area (Å²) in [4.78, 5) is 22.9. The second-order valence-electron chi connectivity index (χ2n) is 5.19. The van der Waals surface area contributed by atoms with Gasteiger partial charge in [-0.15, -0.1) is 4.41 Å². The molecule has 2 amide bonds. The highest BCUT2D eigenvalue weighted by molar-refractivity contribution is 7.89. The first kappa shape index (κ1) is 21.5. The molecule has 1 aromatic carbocycles. The molecule has 0 saturated carbocycles. The van der Waals surface area contributed by atoms with Crippen molar-refractivity contribution in [3.63, 3.8) is 0 Å². The van der Waals surface area contributed by atoms with E-state index in [9.17, 15) is 18.0 Å². The van der Waals surface area contributed by atoms with E-state index >= 15 is 0 Å². The lowest BCUT2D eigenvalue weighted by atomic mass is 10.3. The van der Waals surface area contributed by atoms with Gasteiger partial charge in [0.1, 0.15) is 6.04 Å². The van der Waals surface area contributed by atoms with Crippen LogP contribution in [-0.4, -0.2) is 54.6 Å². The first-order valence-corrected chi connectivity index (χ1v) is 9.46. The molecule has 0 saturated heterocycles. The summed E-state index contributed by atoms with van der Waals surface area (Å²) < 4.78 is 26.6. The Hall–Kier alpha value is -1.55. The van der Waals surface area contributed by atoms with Gasteiger partial charge in [-0.2, -0.15) is 0 Å². The van der Waals surface area contributed by atoms with Gasteiger partial charge in [-0.3, -0.25) is 4.79 Å². The van der Waals surface area contributed by atoms with Gasteiger partial charge in [-0.1, -0.05) is 30.1 Å². The zero-order chi connectivity index (χ0) is 19.4. The normalized spacial score (nSPS) is 12.7. The van der Waals surface area contributed by atoms with Gasteiger partial charge in [0.2, 0.25) is 0 Å². The van der Waals surface area contributed by atoms with Crippen LogP contribution in [0.3, 0.4) is 0 Å². The molecule has 0 aromatic heterocycles. The molecule has 0 aliphatic carbocycles. The predicted octanol–water partition coefficient (Wildman–Crippen LogP) is 2.42. The number of hydrogen-bond donors (Lipinski definition) is 2.